The fourth-order valence-electron chi connectivity index (χ4n) is 4.47. The fraction of sp³-hybridized carbons (Fsp3) is 0.500. The average molecular weight is 473 g/mol. The molecule has 2 aromatic rings. The van der Waals surface area contributed by atoms with Gasteiger partial charge in [0, 0.05) is 63.8 Å². The molecule has 0 bridgehead atoms. The minimum absolute atomic E-state index is 0.0768. The molecule has 0 spiro atoms. The number of aromatic nitrogens is 1. The maximum Gasteiger partial charge on any atom is 0.253 e. The normalized spacial score (nSPS) is 18.6. The molecule has 178 valence electrons. The Morgan fingerprint density at radius 1 is 1.00 bits per heavy atom. The van der Waals surface area contributed by atoms with E-state index in [0.29, 0.717) is 31.7 Å². The number of hydrogen-bond donors (Lipinski definition) is 0. The Labute approximate surface area is 196 Å². The quantitative estimate of drug-likeness (QED) is 0.643. The molecule has 8 nitrogen and oxygen atoms in total. The molecule has 3 heterocycles. The number of benzene rings is 1. The molecule has 0 N–H and O–H groups in total. The Kier molecular flexibility index (Phi) is 7.62. The Morgan fingerprint density at radius 3 is 2.36 bits per heavy atom. The zero-order valence-corrected chi connectivity index (χ0v) is 20.0. The zero-order valence-electron chi connectivity index (χ0n) is 19.1. The van der Waals surface area contributed by atoms with Crippen LogP contribution in [0, 0.1) is 0 Å². The van der Waals surface area contributed by atoms with E-state index in [4.69, 9.17) is 4.74 Å². The van der Waals surface area contributed by atoms with Gasteiger partial charge < -0.3 is 9.64 Å². The van der Waals surface area contributed by atoms with Crippen LogP contribution < -0.4 is 4.74 Å². The highest BCUT2D eigenvalue weighted by Crippen LogP contribution is 2.30. The summed E-state index contributed by atoms with van der Waals surface area (Å²) in [4.78, 5) is 21.6. The van der Waals surface area contributed by atoms with Crippen molar-refractivity contribution in [2.45, 2.75) is 37.1 Å². The van der Waals surface area contributed by atoms with E-state index in [9.17, 15) is 13.2 Å². The first kappa shape index (κ1) is 23.7. The van der Waals surface area contributed by atoms with Crippen molar-refractivity contribution in [1.29, 1.82) is 0 Å². The van der Waals surface area contributed by atoms with Crippen LogP contribution in [0.3, 0.4) is 0 Å². The van der Waals surface area contributed by atoms with Crippen LogP contribution >= 0.6 is 0 Å². The third-order valence-electron chi connectivity index (χ3n) is 6.38. The summed E-state index contributed by atoms with van der Waals surface area (Å²) < 4.78 is 33.7. The van der Waals surface area contributed by atoms with Crippen LogP contribution in [0.1, 0.15) is 41.6 Å². The number of piperazine rings is 1. The molecule has 0 unspecified atom stereocenters. The van der Waals surface area contributed by atoms with Crippen molar-refractivity contribution in [2.24, 2.45) is 0 Å². The number of rotatable bonds is 6. The predicted molar refractivity (Wildman–Crippen MR) is 126 cm³/mol. The van der Waals surface area contributed by atoms with Crippen molar-refractivity contribution in [2.75, 3.05) is 46.4 Å². The first-order chi connectivity index (χ1) is 16.0. The fourth-order valence-corrected chi connectivity index (χ4v) is 6.17. The Bertz CT molecular complexity index is 1050. The molecule has 2 saturated heterocycles. The summed E-state index contributed by atoms with van der Waals surface area (Å²) in [5, 5.41) is 0. The lowest BCUT2D eigenvalue weighted by atomic mass is 10.1. The lowest BCUT2D eigenvalue weighted by Crippen LogP contribution is -2.48. The minimum Gasteiger partial charge on any atom is -0.495 e. The monoisotopic (exact) mass is 472 g/mol. The Balaban J connectivity index is 1.47. The maximum atomic E-state index is 13.4. The molecular weight excluding hydrogens is 440 g/mol. The first-order valence-electron chi connectivity index (χ1n) is 11.6. The topological polar surface area (TPSA) is 83.0 Å². The molecule has 1 aromatic carbocycles. The van der Waals surface area contributed by atoms with Gasteiger partial charge in [-0.2, -0.15) is 4.31 Å². The molecular formula is C24H32N4O4S. The van der Waals surface area contributed by atoms with E-state index >= 15 is 0 Å². The van der Waals surface area contributed by atoms with Crippen LogP contribution in [0.25, 0.3) is 0 Å². The molecule has 33 heavy (non-hydrogen) atoms. The smallest absolute Gasteiger partial charge is 0.253 e. The van der Waals surface area contributed by atoms with Gasteiger partial charge >= 0.3 is 0 Å². The second-order valence-corrected chi connectivity index (χ2v) is 10.5. The first-order valence-corrected chi connectivity index (χ1v) is 13.0. The van der Waals surface area contributed by atoms with Crippen molar-refractivity contribution in [3.8, 4) is 5.75 Å². The van der Waals surface area contributed by atoms with Gasteiger partial charge in [0.25, 0.3) is 5.91 Å². The number of ether oxygens (including phenoxy) is 1. The van der Waals surface area contributed by atoms with Crippen LogP contribution in [0.15, 0.2) is 47.6 Å². The maximum absolute atomic E-state index is 13.4. The summed E-state index contributed by atoms with van der Waals surface area (Å²) in [6, 6.07) is 8.72. The highest BCUT2D eigenvalue weighted by atomic mass is 32.2. The van der Waals surface area contributed by atoms with Gasteiger partial charge in [0.2, 0.25) is 10.0 Å². The molecule has 2 aliphatic heterocycles. The van der Waals surface area contributed by atoms with Gasteiger partial charge in [0.1, 0.15) is 10.6 Å². The highest BCUT2D eigenvalue weighted by molar-refractivity contribution is 7.89. The van der Waals surface area contributed by atoms with Crippen LogP contribution in [0.4, 0.5) is 0 Å². The lowest BCUT2D eigenvalue weighted by Gasteiger charge is -2.34. The number of hydrogen-bond acceptors (Lipinski definition) is 6. The Hall–Kier alpha value is -2.49. The van der Waals surface area contributed by atoms with E-state index in [0.717, 1.165) is 50.9 Å². The number of amides is 1. The molecule has 2 aliphatic rings. The summed E-state index contributed by atoms with van der Waals surface area (Å²) in [5.74, 6) is 0.128. The number of pyridine rings is 1. The van der Waals surface area contributed by atoms with Crippen molar-refractivity contribution < 1.29 is 17.9 Å². The molecule has 9 heteroatoms. The Morgan fingerprint density at radius 2 is 1.73 bits per heavy atom. The molecule has 0 atom stereocenters. The second kappa shape index (κ2) is 10.6. The number of nitrogens with zero attached hydrogens (tertiary/aromatic N) is 4. The molecule has 0 aliphatic carbocycles. The zero-order chi connectivity index (χ0) is 23.3. The van der Waals surface area contributed by atoms with E-state index in [2.05, 4.69) is 9.88 Å². The molecule has 0 radical (unpaired) electrons. The van der Waals surface area contributed by atoms with Gasteiger partial charge in [-0.1, -0.05) is 18.9 Å². The largest absolute Gasteiger partial charge is 0.495 e. The van der Waals surface area contributed by atoms with Crippen LogP contribution in [0.2, 0.25) is 0 Å². The van der Waals surface area contributed by atoms with E-state index in [1.807, 2.05) is 18.3 Å². The molecule has 0 saturated carbocycles. The average Bonchev–Trinajstić information content (AvgIpc) is 3.15. The molecule has 2 fully saturated rings. The van der Waals surface area contributed by atoms with E-state index < -0.39 is 10.0 Å². The van der Waals surface area contributed by atoms with Gasteiger partial charge in [0.15, 0.2) is 0 Å². The highest BCUT2D eigenvalue weighted by Gasteiger charge is 2.30. The van der Waals surface area contributed by atoms with Crippen LogP contribution in [-0.4, -0.2) is 79.8 Å². The summed E-state index contributed by atoms with van der Waals surface area (Å²) in [6.45, 7) is 4.52. The number of sulfonamides is 1. The van der Waals surface area contributed by atoms with Crippen molar-refractivity contribution in [1.82, 2.24) is 19.1 Å². The predicted octanol–water partition coefficient (Wildman–Crippen LogP) is 2.61. The van der Waals surface area contributed by atoms with Crippen molar-refractivity contribution in [3.05, 3.63) is 53.9 Å². The minimum atomic E-state index is -3.73. The van der Waals surface area contributed by atoms with Crippen molar-refractivity contribution >= 4 is 15.9 Å². The number of carbonyl (C=O) groups is 1. The second-order valence-electron chi connectivity index (χ2n) is 8.61. The van der Waals surface area contributed by atoms with E-state index in [1.165, 1.54) is 17.5 Å². The molecule has 1 aromatic heterocycles. The third-order valence-corrected chi connectivity index (χ3v) is 8.30. The standard InChI is InChI=1S/C24H32N4O4S/c1-32-22-9-8-21(17-23(22)33(30,31)28-11-4-2-3-5-12-28)24(29)27-15-13-26(14-16-27)19-20-7-6-10-25-18-20/h6-10,17-18H,2-5,11-16,19H2,1H3. The molecule has 4 rings (SSSR count). The summed E-state index contributed by atoms with van der Waals surface area (Å²) in [5.41, 5.74) is 1.53. The third kappa shape index (κ3) is 5.54. The SMILES string of the molecule is COc1ccc(C(=O)N2CCN(Cc3cccnc3)CC2)cc1S(=O)(=O)N1CCCCCC1. The van der Waals surface area contributed by atoms with Gasteiger partial charge in [-0.25, -0.2) is 8.42 Å². The van der Waals surface area contributed by atoms with E-state index in [1.54, 1.807) is 23.2 Å². The summed E-state index contributed by atoms with van der Waals surface area (Å²) >= 11 is 0. The number of methoxy groups -OCH3 is 1. The summed E-state index contributed by atoms with van der Waals surface area (Å²) in [7, 11) is -2.28. The van der Waals surface area contributed by atoms with Gasteiger partial charge in [0.05, 0.1) is 7.11 Å². The number of carbonyl (C=O) groups excluding carboxylic acids is 1. The van der Waals surface area contributed by atoms with Crippen LogP contribution in [-0.2, 0) is 16.6 Å². The van der Waals surface area contributed by atoms with Gasteiger partial charge in [-0.3, -0.25) is 14.7 Å². The van der Waals surface area contributed by atoms with Crippen LogP contribution in [0.5, 0.6) is 5.75 Å². The van der Waals surface area contributed by atoms with Crippen molar-refractivity contribution in [3.63, 3.8) is 0 Å². The van der Waals surface area contributed by atoms with E-state index in [-0.39, 0.29) is 16.6 Å². The summed E-state index contributed by atoms with van der Waals surface area (Å²) in [6.07, 6.45) is 7.40. The van der Waals surface area contributed by atoms with Gasteiger partial charge in [-0.05, 0) is 42.7 Å². The van der Waals surface area contributed by atoms with Gasteiger partial charge in [-0.15, -0.1) is 0 Å². The lowest BCUT2D eigenvalue weighted by molar-refractivity contribution is 0.0628. The molecule has 1 amide bonds.